The van der Waals surface area contributed by atoms with Gasteiger partial charge in [-0.1, -0.05) is 18.5 Å². The first kappa shape index (κ1) is 10.6. The fraction of sp³-hybridized carbons (Fsp3) is 0.500. The summed E-state index contributed by atoms with van der Waals surface area (Å²) in [5.74, 6) is 0. The molecular weight excluding hydrogens is 208 g/mol. The van der Waals surface area contributed by atoms with Crippen LogP contribution in [0.25, 0.3) is 0 Å². The van der Waals surface area contributed by atoms with Gasteiger partial charge in [-0.15, -0.1) is 0 Å². The van der Waals surface area contributed by atoms with Gasteiger partial charge in [0.1, 0.15) is 0 Å². The SMILES string of the molecule is CCC1CN(C)c2c(Cl)cc(C)cc2N1. The van der Waals surface area contributed by atoms with E-state index in [1.54, 1.807) is 0 Å². The standard InChI is InChI=1S/C12H17ClN2/c1-4-9-7-15(3)12-10(13)5-8(2)6-11(12)14-9/h5-6,9,14H,4,7H2,1-3H3. The zero-order valence-corrected chi connectivity index (χ0v) is 10.2. The first-order chi connectivity index (χ1) is 7.11. The molecule has 1 aromatic rings. The molecule has 0 spiro atoms. The molecule has 15 heavy (non-hydrogen) atoms. The predicted molar refractivity (Wildman–Crippen MR) is 67.2 cm³/mol. The Morgan fingerprint density at radius 3 is 2.93 bits per heavy atom. The first-order valence-corrected chi connectivity index (χ1v) is 5.77. The van der Waals surface area contributed by atoms with E-state index >= 15 is 0 Å². The van der Waals surface area contributed by atoms with Crippen molar-refractivity contribution in [2.24, 2.45) is 0 Å². The zero-order valence-electron chi connectivity index (χ0n) is 9.47. The van der Waals surface area contributed by atoms with Crippen molar-refractivity contribution < 1.29 is 0 Å². The number of halogens is 1. The lowest BCUT2D eigenvalue weighted by molar-refractivity contribution is 0.662. The highest BCUT2D eigenvalue weighted by molar-refractivity contribution is 6.34. The molecule has 3 heteroatoms. The van der Waals surface area contributed by atoms with E-state index in [4.69, 9.17) is 11.6 Å². The molecule has 0 radical (unpaired) electrons. The molecule has 0 aromatic heterocycles. The Morgan fingerprint density at radius 1 is 1.53 bits per heavy atom. The molecule has 2 rings (SSSR count). The Morgan fingerprint density at radius 2 is 2.27 bits per heavy atom. The van der Waals surface area contributed by atoms with Crippen LogP contribution in [-0.2, 0) is 0 Å². The maximum absolute atomic E-state index is 6.25. The van der Waals surface area contributed by atoms with E-state index in [1.165, 1.54) is 11.3 Å². The molecule has 0 amide bonds. The van der Waals surface area contributed by atoms with Crippen molar-refractivity contribution in [2.75, 3.05) is 23.8 Å². The van der Waals surface area contributed by atoms with Gasteiger partial charge in [-0.05, 0) is 31.0 Å². The molecule has 2 nitrogen and oxygen atoms in total. The van der Waals surface area contributed by atoms with E-state index in [1.807, 2.05) is 6.07 Å². The van der Waals surface area contributed by atoms with Crippen LogP contribution in [0.15, 0.2) is 12.1 Å². The molecule has 1 aliphatic rings. The first-order valence-electron chi connectivity index (χ1n) is 5.39. The van der Waals surface area contributed by atoms with Gasteiger partial charge in [0.25, 0.3) is 0 Å². The van der Waals surface area contributed by atoms with Gasteiger partial charge >= 0.3 is 0 Å². The second-order valence-corrected chi connectivity index (χ2v) is 4.68. The van der Waals surface area contributed by atoms with Crippen LogP contribution in [0.1, 0.15) is 18.9 Å². The lowest BCUT2D eigenvalue weighted by Crippen LogP contribution is -2.39. The summed E-state index contributed by atoms with van der Waals surface area (Å²) in [6, 6.07) is 4.71. The minimum absolute atomic E-state index is 0.528. The van der Waals surface area contributed by atoms with E-state index in [0.717, 1.165) is 23.7 Å². The highest BCUT2D eigenvalue weighted by atomic mass is 35.5. The topological polar surface area (TPSA) is 15.3 Å². The molecule has 0 saturated carbocycles. The summed E-state index contributed by atoms with van der Waals surface area (Å²) in [6.07, 6.45) is 1.13. The largest absolute Gasteiger partial charge is 0.379 e. The number of anilines is 2. The summed E-state index contributed by atoms with van der Waals surface area (Å²) in [7, 11) is 2.10. The molecule has 0 saturated heterocycles. The molecule has 0 bridgehead atoms. The molecule has 1 unspecified atom stereocenters. The van der Waals surface area contributed by atoms with Crippen LogP contribution in [0.3, 0.4) is 0 Å². The van der Waals surface area contributed by atoms with Crippen LogP contribution in [0.5, 0.6) is 0 Å². The minimum Gasteiger partial charge on any atom is -0.379 e. The number of nitrogens with one attached hydrogen (secondary N) is 1. The average Bonchev–Trinajstić information content (AvgIpc) is 2.15. The van der Waals surface area contributed by atoms with E-state index in [0.29, 0.717) is 6.04 Å². The van der Waals surface area contributed by atoms with Crippen LogP contribution in [0.4, 0.5) is 11.4 Å². The van der Waals surface area contributed by atoms with Gasteiger partial charge in [-0.25, -0.2) is 0 Å². The molecule has 0 aliphatic carbocycles. The highest BCUT2D eigenvalue weighted by Crippen LogP contribution is 2.37. The smallest absolute Gasteiger partial charge is 0.0789 e. The highest BCUT2D eigenvalue weighted by Gasteiger charge is 2.22. The number of likely N-dealkylation sites (N-methyl/N-ethyl adjacent to an activating group) is 1. The van der Waals surface area contributed by atoms with Gasteiger partial charge in [-0.2, -0.15) is 0 Å². The van der Waals surface area contributed by atoms with Crippen molar-refractivity contribution in [2.45, 2.75) is 26.3 Å². The Bertz CT molecular complexity index is 376. The third kappa shape index (κ3) is 1.91. The number of hydrogen-bond acceptors (Lipinski definition) is 2. The molecule has 0 fully saturated rings. The Kier molecular flexibility index (Phi) is 2.79. The van der Waals surface area contributed by atoms with Crippen LogP contribution in [-0.4, -0.2) is 19.6 Å². The third-order valence-corrected chi connectivity index (χ3v) is 3.22. The second-order valence-electron chi connectivity index (χ2n) is 4.27. The van der Waals surface area contributed by atoms with Crippen molar-refractivity contribution in [3.8, 4) is 0 Å². The number of benzene rings is 1. The lowest BCUT2D eigenvalue weighted by atomic mass is 10.1. The predicted octanol–water partition coefficient (Wildman–Crippen LogP) is 3.29. The van der Waals surface area contributed by atoms with Gasteiger partial charge in [0.2, 0.25) is 0 Å². The maximum Gasteiger partial charge on any atom is 0.0789 e. The quantitative estimate of drug-likeness (QED) is 0.788. The summed E-state index contributed by atoms with van der Waals surface area (Å²) < 4.78 is 0. The van der Waals surface area contributed by atoms with Crippen LogP contribution >= 0.6 is 11.6 Å². The number of nitrogens with zero attached hydrogens (tertiary/aromatic N) is 1. The fourth-order valence-corrected chi connectivity index (χ4v) is 2.57. The molecule has 1 heterocycles. The fourth-order valence-electron chi connectivity index (χ4n) is 2.15. The van der Waals surface area contributed by atoms with Crippen LogP contribution in [0.2, 0.25) is 5.02 Å². The minimum atomic E-state index is 0.528. The van der Waals surface area contributed by atoms with Crippen molar-refractivity contribution in [3.05, 3.63) is 22.7 Å². The summed E-state index contributed by atoms with van der Waals surface area (Å²) >= 11 is 6.25. The molecule has 1 N–H and O–H groups in total. The van der Waals surface area contributed by atoms with Crippen LogP contribution in [0, 0.1) is 6.92 Å². The molecule has 1 aromatic carbocycles. The van der Waals surface area contributed by atoms with Gasteiger partial charge in [0.15, 0.2) is 0 Å². The second kappa shape index (κ2) is 3.93. The van der Waals surface area contributed by atoms with E-state index in [-0.39, 0.29) is 0 Å². The monoisotopic (exact) mass is 224 g/mol. The normalized spacial score (nSPS) is 19.7. The number of fused-ring (bicyclic) bond motifs is 1. The summed E-state index contributed by atoms with van der Waals surface area (Å²) in [6.45, 7) is 5.30. The van der Waals surface area contributed by atoms with E-state index in [2.05, 4.69) is 37.2 Å². The number of rotatable bonds is 1. The molecule has 82 valence electrons. The van der Waals surface area contributed by atoms with E-state index in [9.17, 15) is 0 Å². The summed E-state index contributed by atoms with van der Waals surface area (Å²) in [5.41, 5.74) is 3.50. The molecule has 1 atom stereocenters. The van der Waals surface area contributed by atoms with Crippen molar-refractivity contribution in [1.82, 2.24) is 0 Å². The average molecular weight is 225 g/mol. The third-order valence-electron chi connectivity index (χ3n) is 2.94. The van der Waals surface area contributed by atoms with Gasteiger partial charge in [0, 0.05) is 19.6 Å². The van der Waals surface area contributed by atoms with Crippen molar-refractivity contribution in [1.29, 1.82) is 0 Å². The Balaban J connectivity index is 2.45. The Labute approximate surface area is 96.2 Å². The zero-order chi connectivity index (χ0) is 11.0. The number of hydrogen-bond donors (Lipinski definition) is 1. The van der Waals surface area contributed by atoms with Gasteiger partial charge < -0.3 is 10.2 Å². The molecule has 1 aliphatic heterocycles. The summed E-state index contributed by atoms with van der Waals surface area (Å²) in [5, 5.41) is 4.37. The maximum atomic E-state index is 6.25. The Hall–Kier alpha value is -0.890. The van der Waals surface area contributed by atoms with Gasteiger partial charge in [0.05, 0.1) is 16.4 Å². The van der Waals surface area contributed by atoms with Crippen molar-refractivity contribution in [3.63, 3.8) is 0 Å². The van der Waals surface area contributed by atoms with Crippen molar-refractivity contribution >= 4 is 23.0 Å². The van der Waals surface area contributed by atoms with Crippen LogP contribution < -0.4 is 10.2 Å². The molecular formula is C12H17ClN2. The van der Waals surface area contributed by atoms with Gasteiger partial charge in [-0.3, -0.25) is 0 Å². The lowest BCUT2D eigenvalue weighted by Gasteiger charge is -2.35. The van der Waals surface area contributed by atoms with E-state index < -0.39 is 0 Å². The summed E-state index contributed by atoms with van der Waals surface area (Å²) in [4.78, 5) is 2.24. The number of aryl methyl sites for hydroxylation is 1.